The van der Waals surface area contributed by atoms with Gasteiger partial charge >= 0.3 is 0 Å². The predicted molar refractivity (Wildman–Crippen MR) is 67.4 cm³/mol. The lowest BCUT2D eigenvalue weighted by molar-refractivity contribution is 0.242. The van der Waals surface area contributed by atoms with Gasteiger partial charge in [0.2, 0.25) is 0 Å². The molecule has 86 valence electrons. The molecule has 0 spiro atoms. The number of hydrogen-bond donors (Lipinski definition) is 1. The molecule has 1 nitrogen and oxygen atoms in total. The van der Waals surface area contributed by atoms with E-state index in [0.717, 1.165) is 12.8 Å². The summed E-state index contributed by atoms with van der Waals surface area (Å²) in [6, 6.07) is 10.8. The van der Waals surface area contributed by atoms with Gasteiger partial charge in [0.15, 0.2) is 0 Å². The van der Waals surface area contributed by atoms with Crippen molar-refractivity contribution >= 4 is 0 Å². The Bertz CT molecular complexity index is 341. The van der Waals surface area contributed by atoms with E-state index in [1.165, 1.54) is 24.0 Å². The number of aliphatic hydroxyl groups excluding tert-OH is 1. The largest absolute Gasteiger partial charge is 0.389 e. The average Bonchev–Trinajstić information content (AvgIpc) is 2.30. The van der Waals surface area contributed by atoms with Crippen molar-refractivity contribution in [2.24, 2.45) is 0 Å². The molecule has 0 saturated heterocycles. The van der Waals surface area contributed by atoms with Crippen molar-refractivity contribution in [3.8, 4) is 0 Å². The first-order valence-electron chi connectivity index (χ1n) is 6.18. The predicted octanol–water partition coefficient (Wildman–Crippen LogP) is 3.65. The van der Waals surface area contributed by atoms with E-state index in [1.54, 1.807) is 0 Å². The van der Waals surface area contributed by atoms with Crippen LogP contribution in [0.4, 0.5) is 0 Å². The SMILES string of the molecule is CC(O)C=C1CCC(c2ccccc2)CC1. The number of benzene rings is 1. The second-order valence-corrected chi connectivity index (χ2v) is 4.75. The fourth-order valence-electron chi connectivity index (χ4n) is 2.55. The lowest BCUT2D eigenvalue weighted by Gasteiger charge is -2.24. The molecular formula is C15H20O. The molecule has 0 aliphatic heterocycles. The number of allylic oxidation sites excluding steroid dienone is 1. The lowest BCUT2D eigenvalue weighted by Crippen LogP contribution is -2.08. The van der Waals surface area contributed by atoms with Crippen molar-refractivity contribution in [3.63, 3.8) is 0 Å². The van der Waals surface area contributed by atoms with Crippen LogP contribution < -0.4 is 0 Å². The number of hydrogen-bond acceptors (Lipinski definition) is 1. The molecule has 1 atom stereocenters. The minimum Gasteiger partial charge on any atom is -0.389 e. The topological polar surface area (TPSA) is 20.2 Å². The van der Waals surface area contributed by atoms with Crippen LogP contribution >= 0.6 is 0 Å². The molecule has 0 amide bonds. The third-order valence-electron chi connectivity index (χ3n) is 3.38. The fourth-order valence-corrected chi connectivity index (χ4v) is 2.55. The molecule has 0 heterocycles. The van der Waals surface area contributed by atoms with E-state index in [4.69, 9.17) is 0 Å². The van der Waals surface area contributed by atoms with Gasteiger partial charge < -0.3 is 5.11 Å². The molecule has 16 heavy (non-hydrogen) atoms. The van der Waals surface area contributed by atoms with E-state index >= 15 is 0 Å². The lowest BCUT2D eigenvalue weighted by atomic mass is 9.81. The highest BCUT2D eigenvalue weighted by Crippen LogP contribution is 2.35. The molecule has 1 aromatic carbocycles. The highest BCUT2D eigenvalue weighted by molar-refractivity contribution is 5.22. The Morgan fingerprint density at radius 2 is 1.81 bits per heavy atom. The monoisotopic (exact) mass is 216 g/mol. The summed E-state index contributed by atoms with van der Waals surface area (Å²) in [7, 11) is 0. The standard InChI is InChI=1S/C15H20O/c1-12(16)11-13-7-9-15(10-8-13)14-5-3-2-4-6-14/h2-6,11-12,15-16H,7-10H2,1H3. The van der Waals surface area contributed by atoms with Crippen molar-refractivity contribution in [3.05, 3.63) is 47.5 Å². The molecule has 1 aliphatic rings. The molecule has 0 aromatic heterocycles. The summed E-state index contributed by atoms with van der Waals surface area (Å²) in [6.07, 6.45) is 6.46. The van der Waals surface area contributed by atoms with Crippen LogP contribution in [0, 0.1) is 0 Å². The highest BCUT2D eigenvalue weighted by Gasteiger charge is 2.17. The molecule has 1 aromatic rings. The Morgan fingerprint density at radius 3 is 2.38 bits per heavy atom. The second kappa shape index (κ2) is 5.31. The number of rotatable bonds is 2. The van der Waals surface area contributed by atoms with Gasteiger partial charge in [-0.1, -0.05) is 42.0 Å². The van der Waals surface area contributed by atoms with Crippen molar-refractivity contribution in [2.45, 2.75) is 44.6 Å². The zero-order chi connectivity index (χ0) is 11.4. The quantitative estimate of drug-likeness (QED) is 0.748. The zero-order valence-corrected chi connectivity index (χ0v) is 9.89. The normalized spacial score (nSPS) is 22.9. The van der Waals surface area contributed by atoms with Crippen molar-refractivity contribution in [2.75, 3.05) is 0 Å². The minimum absolute atomic E-state index is 0.289. The molecule has 1 fully saturated rings. The molecule has 0 radical (unpaired) electrons. The Hall–Kier alpha value is -1.08. The van der Waals surface area contributed by atoms with Gasteiger partial charge in [-0.2, -0.15) is 0 Å². The van der Waals surface area contributed by atoms with Crippen LogP contribution in [-0.4, -0.2) is 11.2 Å². The van der Waals surface area contributed by atoms with E-state index < -0.39 is 0 Å². The first kappa shape index (κ1) is 11.4. The summed E-state index contributed by atoms with van der Waals surface area (Å²) in [6.45, 7) is 1.83. The minimum atomic E-state index is -0.289. The van der Waals surface area contributed by atoms with Crippen LogP contribution in [0.2, 0.25) is 0 Å². The van der Waals surface area contributed by atoms with Crippen LogP contribution in [0.5, 0.6) is 0 Å². The smallest absolute Gasteiger partial charge is 0.0695 e. The highest BCUT2D eigenvalue weighted by atomic mass is 16.3. The van der Waals surface area contributed by atoms with Gasteiger partial charge in [0.25, 0.3) is 0 Å². The second-order valence-electron chi connectivity index (χ2n) is 4.75. The van der Waals surface area contributed by atoms with Gasteiger partial charge in [-0.15, -0.1) is 0 Å². The Labute approximate surface area is 97.8 Å². The van der Waals surface area contributed by atoms with Gasteiger partial charge in [0.1, 0.15) is 0 Å². The Balaban J connectivity index is 1.96. The Morgan fingerprint density at radius 1 is 1.19 bits per heavy atom. The Kier molecular flexibility index (Phi) is 3.79. The van der Waals surface area contributed by atoms with E-state index in [-0.39, 0.29) is 6.10 Å². The van der Waals surface area contributed by atoms with Gasteiger partial charge in [0, 0.05) is 0 Å². The van der Waals surface area contributed by atoms with Crippen LogP contribution in [0.1, 0.15) is 44.1 Å². The summed E-state index contributed by atoms with van der Waals surface area (Å²) in [5, 5.41) is 9.31. The zero-order valence-electron chi connectivity index (χ0n) is 9.89. The summed E-state index contributed by atoms with van der Waals surface area (Å²) in [5.74, 6) is 0.715. The van der Waals surface area contributed by atoms with Crippen molar-refractivity contribution in [1.29, 1.82) is 0 Å². The maximum Gasteiger partial charge on any atom is 0.0695 e. The maximum atomic E-state index is 9.31. The summed E-state index contributed by atoms with van der Waals surface area (Å²) in [4.78, 5) is 0. The van der Waals surface area contributed by atoms with Crippen molar-refractivity contribution < 1.29 is 5.11 Å². The van der Waals surface area contributed by atoms with Gasteiger partial charge in [-0.3, -0.25) is 0 Å². The van der Waals surface area contributed by atoms with Gasteiger partial charge in [0.05, 0.1) is 6.10 Å². The maximum absolute atomic E-state index is 9.31. The molecule has 1 heteroatoms. The van der Waals surface area contributed by atoms with E-state index in [1.807, 2.05) is 13.0 Å². The summed E-state index contributed by atoms with van der Waals surface area (Å²) in [5.41, 5.74) is 2.90. The third kappa shape index (κ3) is 2.96. The molecule has 1 N–H and O–H groups in total. The number of aliphatic hydroxyl groups is 1. The molecule has 1 saturated carbocycles. The molecule has 1 unspecified atom stereocenters. The van der Waals surface area contributed by atoms with Crippen LogP contribution in [0.15, 0.2) is 42.0 Å². The van der Waals surface area contributed by atoms with E-state index in [2.05, 4.69) is 30.3 Å². The molecular weight excluding hydrogens is 196 g/mol. The van der Waals surface area contributed by atoms with E-state index in [0.29, 0.717) is 5.92 Å². The fraction of sp³-hybridized carbons (Fsp3) is 0.467. The summed E-state index contributed by atoms with van der Waals surface area (Å²) < 4.78 is 0. The third-order valence-corrected chi connectivity index (χ3v) is 3.38. The average molecular weight is 216 g/mol. The van der Waals surface area contributed by atoms with Crippen LogP contribution in [0.3, 0.4) is 0 Å². The summed E-state index contributed by atoms with van der Waals surface area (Å²) >= 11 is 0. The van der Waals surface area contributed by atoms with Crippen LogP contribution in [-0.2, 0) is 0 Å². The first-order valence-corrected chi connectivity index (χ1v) is 6.18. The van der Waals surface area contributed by atoms with Gasteiger partial charge in [-0.25, -0.2) is 0 Å². The first-order chi connectivity index (χ1) is 7.75. The van der Waals surface area contributed by atoms with Gasteiger partial charge in [-0.05, 0) is 44.1 Å². The van der Waals surface area contributed by atoms with E-state index in [9.17, 15) is 5.11 Å². The molecule has 2 rings (SSSR count). The van der Waals surface area contributed by atoms with Crippen LogP contribution in [0.25, 0.3) is 0 Å². The molecule has 0 bridgehead atoms. The molecule has 1 aliphatic carbocycles. The van der Waals surface area contributed by atoms with Crippen molar-refractivity contribution in [1.82, 2.24) is 0 Å².